The highest BCUT2D eigenvalue weighted by atomic mass is 16.1. The van der Waals surface area contributed by atoms with Crippen molar-refractivity contribution in [2.75, 3.05) is 6.54 Å². The Kier molecular flexibility index (Phi) is 4.25. The standard InChI is InChI=1S/C25H33N3O/c29-24(26-16-25-12-17-9-18(13-25)11-19(10-17)14-25)22-7-4-8-23-27-21(15-28(22)23)20-5-2-1-3-6-20/h4,7-8,15,17-20H,1-3,5-6,9-14,16H2,(H,26,29). The van der Waals surface area contributed by atoms with Crippen LogP contribution in [-0.2, 0) is 0 Å². The van der Waals surface area contributed by atoms with Crippen molar-refractivity contribution >= 4 is 11.6 Å². The van der Waals surface area contributed by atoms with Crippen molar-refractivity contribution in [2.24, 2.45) is 23.2 Å². The van der Waals surface area contributed by atoms with Crippen LogP contribution in [0.3, 0.4) is 0 Å². The lowest BCUT2D eigenvalue weighted by molar-refractivity contribution is -0.0503. The maximum atomic E-state index is 13.2. The van der Waals surface area contributed by atoms with Crippen LogP contribution in [0, 0.1) is 23.2 Å². The second kappa shape index (κ2) is 6.85. The van der Waals surface area contributed by atoms with Crippen molar-refractivity contribution < 1.29 is 4.79 Å². The summed E-state index contributed by atoms with van der Waals surface area (Å²) in [7, 11) is 0. The van der Waals surface area contributed by atoms with E-state index in [4.69, 9.17) is 4.98 Å². The maximum absolute atomic E-state index is 13.2. The van der Waals surface area contributed by atoms with Gasteiger partial charge in [0.25, 0.3) is 5.91 Å². The van der Waals surface area contributed by atoms with E-state index >= 15 is 0 Å². The van der Waals surface area contributed by atoms with E-state index in [1.807, 2.05) is 22.6 Å². The fraction of sp³-hybridized carbons (Fsp3) is 0.680. The largest absolute Gasteiger partial charge is 0.350 e. The Morgan fingerprint density at radius 2 is 1.72 bits per heavy atom. The quantitative estimate of drug-likeness (QED) is 0.766. The highest BCUT2D eigenvalue weighted by Gasteiger charge is 2.50. The van der Waals surface area contributed by atoms with Gasteiger partial charge in [-0.2, -0.15) is 0 Å². The summed E-state index contributed by atoms with van der Waals surface area (Å²) in [6, 6.07) is 5.96. The van der Waals surface area contributed by atoms with Gasteiger partial charge < -0.3 is 5.32 Å². The van der Waals surface area contributed by atoms with E-state index in [1.165, 1.54) is 76.3 Å². The number of rotatable bonds is 4. The van der Waals surface area contributed by atoms with Crippen LogP contribution in [-0.4, -0.2) is 21.8 Å². The van der Waals surface area contributed by atoms with Crippen molar-refractivity contribution in [3.63, 3.8) is 0 Å². The molecule has 0 spiro atoms. The Labute approximate surface area is 173 Å². The second-order valence-corrected chi connectivity index (χ2v) is 10.7. The maximum Gasteiger partial charge on any atom is 0.268 e. The van der Waals surface area contributed by atoms with Crippen LogP contribution in [0.5, 0.6) is 0 Å². The molecule has 0 unspecified atom stereocenters. The Morgan fingerprint density at radius 1 is 1.03 bits per heavy atom. The predicted molar refractivity (Wildman–Crippen MR) is 114 cm³/mol. The zero-order valence-electron chi connectivity index (χ0n) is 17.4. The van der Waals surface area contributed by atoms with Gasteiger partial charge in [0.05, 0.1) is 5.69 Å². The molecule has 1 amide bonds. The molecule has 2 aromatic heterocycles. The van der Waals surface area contributed by atoms with Crippen molar-refractivity contribution in [1.29, 1.82) is 0 Å². The number of aromatic nitrogens is 2. The third kappa shape index (κ3) is 3.19. The van der Waals surface area contributed by atoms with Gasteiger partial charge >= 0.3 is 0 Å². The van der Waals surface area contributed by atoms with Gasteiger partial charge in [-0.3, -0.25) is 9.20 Å². The zero-order valence-corrected chi connectivity index (χ0v) is 17.4. The molecule has 0 atom stereocenters. The summed E-state index contributed by atoms with van der Waals surface area (Å²) in [5.74, 6) is 3.40. The molecule has 5 fully saturated rings. The summed E-state index contributed by atoms with van der Waals surface area (Å²) >= 11 is 0. The molecule has 4 bridgehead atoms. The second-order valence-electron chi connectivity index (χ2n) is 10.7. The average molecular weight is 392 g/mol. The summed E-state index contributed by atoms with van der Waals surface area (Å²) in [6.45, 7) is 0.857. The van der Waals surface area contributed by atoms with Gasteiger partial charge in [0.1, 0.15) is 11.3 Å². The minimum absolute atomic E-state index is 0.0685. The molecule has 4 heteroatoms. The molecule has 0 aliphatic heterocycles. The summed E-state index contributed by atoms with van der Waals surface area (Å²) in [5, 5.41) is 3.35. The highest BCUT2D eigenvalue weighted by molar-refractivity contribution is 5.93. The number of carbonyl (C=O) groups is 1. The lowest BCUT2D eigenvalue weighted by atomic mass is 9.49. The first-order valence-electron chi connectivity index (χ1n) is 11.9. The third-order valence-corrected chi connectivity index (χ3v) is 8.56. The Balaban J connectivity index is 1.21. The van der Waals surface area contributed by atoms with E-state index in [9.17, 15) is 4.79 Å². The number of hydrogen-bond donors (Lipinski definition) is 1. The van der Waals surface area contributed by atoms with Crippen LogP contribution in [0.2, 0.25) is 0 Å². The molecule has 2 aromatic rings. The number of nitrogens with one attached hydrogen (secondary N) is 1. The van der Waals surface area contributed by atoms with Gasteiger partial charge in [-0.1, -0.05) is 25.3 Å². The van der Waals surface area contributed by atoms with Crippen molar-refractivity contribution in [1.82, 2.24) is 14.7 Å². The molecule has 7 rings (SSSR count). The van der Waals surface area contributed by atoms with Crippen LogP contribution in [0.4, 0.5) is 0 Å². The van der Waals surface area contributed by atoms with Crippen LogP contribution in [0.25, 0.3) is 5.65 Å². The van der Waals surface area contributed by atoms with Gasteiger partial charge in [-0.05, 0) is 86.7 Å². The van der Waals surface area contributed by atoms with E-state index in [-0.39, 0.29) is 5.91 Å². The molecule has 5 aliphatic rings. The first-order chi connectivity index (χ1) is 14.2. The lowest BCUT2D eigenvalue weighted by Gasteiger charge is -2.56. The predicted octanol–water partition coefficient (Wildman–Crippen LogP) is 5.33. The number of hydrogen-bond acceptors (Lipinski definition) is 2. The third-order valence-electron chi connectivity index (χ3n) is 8.56. The fourth-order valence-electron chi connectivity index (χ4n) is 7.67. The number of amides is 1. The fourth-order valence-corrected chi connectivity index (χ4v) is 7.67. The Bertz CT molecular complexity index is 888. The van der Waals surface area contributed by atoms with Gasteiger partial charge in [0.2, 0.25) is 0 Å². The monoisotopic (exact) mass is 391 g/mol. The minimum atomic E-state index is 0.0685. The van der Waals surface area contributed by atoms with Gasteiger partial charge in [0.15, 0.2) is 0 Å². The molecule has 0 saturated heterocycles. The van der Waals surface area contributed by atoms with Crippen molar-refractivity contribution in [3.05, 3.63) is 35.8 Å². The molecule has 1 N–H and O–H groups in total. The lowest BCUT2D eigenvalue weighted by Crippen LogP contribution is -2.51. The zero-order chi connectivity index (χ0) is 19.4. The molecule has 0 radical (unpaired) electrons. The van der Waals surface area contributed by atoms with Crippen molar-refractivity contribution in [3.8, 4) is 0 Å². The molecular weight excluding hydrogens is 358 g/mol. The Morgan fingerprint density at radius 3 is 2.41 bits per heavy atom. The van der Waals surface area contributed by atoms with Gasteiger partial charge in [0, 0.05) is 18.7 Å². The number of fused-ring (bicyclic) bond motifs is 1. The molecule has 4 nitrogen and oxygen atoms in total. The summed E-state index contributed by atoms with van der Waals surface area (Å²) in [4.78, 5) is 18.1. The summed E-state index contributed by atoms with van der Waals surface area (Å²) in [6.07, 6.45) is 16.9. The molecule has 154 valence electrons. The van der Waals surface area contributed by atoms with Gasteiger partial charge in [-0.15, -0.1) is 0 Å². The molecule has 5 saturated carbocycles. The van der Waals surface area contributed by atoms with Crippen LogP contribution < -0.4 is 5.32 Å². The van der Waals surface area contributed by atoms with Crippen LogP contribution in [0.15, 0.2) is 24.4 Å². The van der Waals surface area contributed by atoms with Crippen LogP contribution in [0.1, 0.15) is 92.7 Å². The van der Waals surface area contributed by atoms with Crippen LogP contribution >= 0.6 is 0 Å². The molecule has 29 heavy (non-hydrogen) atoms. The first-order valence-corrected chi connectivity index (χ1v) is 11.9. The Hall–Kier alpha value is -1.84. The van der Waals surface area contributed by atoms with E-state index in [0.717, 1.165) is 35.6 Å². The molecule has 2 heterocycles. The summed E-state index contributed by atoms with van der Waals surface area (Å²) in [5.41, 5.74) is 3.20. The highest BCUT2D eigenvalue weighted by Crippen LogP contribution is 2.59. The number of carbonyl (C=O) groups excluding carboxylic acids is 1. The number of imidazole rings is 1. The average Bonchev–Trinajstić information content (AvgIpc) is 3.16. The van der Waals surface area contributed by atoms with E-state index in [1.54, 1.807) is 0 Å². The first kappa shape index (κ1) is 18.0. The molecular formula is C25H33N3O. The van der Waals surface area contributed by atoms with E-state index < -0.39 is 0 Å². The summed E-state index contributed by atoms with van der Waals surface area (Å²) < 4.78 is 2.03. The normalized spacial score (nSPS) is 34.0. The topological polar surface area (TPSA) is 46.4 Å². The minimum Gasteiger partial charge on any atom is -0.350 e. The molecule has 0 aromatic carbocycles. The van der Waals surface area contributed by atoms with E-state index in [0.29, 0.717) is 11.3 Å². The number of pyridine rings is 1. The van der Waals surface area contributed by atoms with Gasteiger partial charge in [-0.25, -0.2) is 4.98 Å². The van der Waals surface area contributed by atoms with E-state index in [2.05, 4.69) is 11.5 Å². The smallest absolute Gasteiger partial charge is 0.268 e. The molecule has 5 aliphatic carbocycles. The number of nitrogens with zero attached hydrogens (tertiary/aromatic N) is 2. The van der Waals surface area contributed by atoms with Crippen molar-refractivity contribution in [2.45, 2.75) is 76.5 Å². The SMILES string of the molecule is O=C(NCC12CC3CC(CC(C3)C1)C2)c1cccc2nc(C3CCCCC3)cn12.